The molecule has 9 nitrogen and oxygen atoms in total. The smallest absolute Gasteiger partial charge is 0.338 e. The Labute approximate surface area is 118 Å². The highest BCUT2D eigenvalue weighted by atomic mass is 32.2. The molecule has 0 amide bonds. The molecular formula is C11H9N3O6S. The monoisotopic (exact) mass is 311 g/mol. The first-order chi connectivity index (χ1) is 9.71. The van der Waals surface area contributed by atoms with Crippen molar-refractivity contribution in [2.24, 2.45) is 0 Å². The Morgan fingerprint density at radius 3 is 2.57 bits per heavy atom. The van der Waals surface area contributed by atoms with Gasteiger partial charge < -0.3 is 5.11 Å². The molecule has 21 heavy (non-hydrogen) atoms. The van der Waals surface area contributed by atoms with Gasteiger partial charge in [0.2, 0.25) is 0 Å². The fourth-order valence-corrected chi connectivity index (χ4v) is 2.60. The molecule has 110 valence electrons. The molecule has 0 atom stereocenters. The highest BCUT2D eigenvalue weighted by molar-refractivity contribution is 7.90. The molecule has 1 N–H and O–H groups in total. The van der Waals surface area contributed by atoms with Gasteiger partial charge in [0, 0.05) is 12.5 Å². The van der Waals surface area contributed by atoms with Crippen molar-refractivity contribution in [2.75, 3.05) is 6.26 Å². The molecule has 0 aliphatic rings. The van der Waals surface area contributed by atoms with Crippen molar-refractivity contribution in [2.45, 2.75) is 4.90 Å². The fraction of sp³-hybridized carbons (Fsp3) is 0.0909. The van der Waals surface area contributed by atoms with Crippen molar-refractivity contribution in [3.8, 4) is 5.69 Å². The maximum Gasteiger partial charge on any atom is 0.338 e. The van der Waals surface area contributed by atoms with Crippen molar-refractivity contribution < 1.29 is 23.2 Å². The minimum Gasteiger partial charge on any atom is -0.478 e. The number of hydrogen-bond acceptors (Lipinski definition) is 6. The molecule has 0 fully saturated rings. The zero-order valence-electron chi connectivity index (χ0n) is 10.6. The van der Waals surface area contributed by atoms with Crippen molar-refractivity contribution in [3.63, 3.8) is 0 Å². The summed E-state index contributed by atoms with van der Waals surface area (Å²) < 4.78 is 24.2. The first-order valence-electron chi connectivity index (χ1n) is 5.47. The third-order valence-electron chi connectivity index (χ3n) is 2.64. The van der Waals surface area contributed by atoms with Gasteiger partial charge in [0.05, 0.1) is 16.7 Å². The first kappa shape index (κ1) is 14.7. The number of carbonyl (C=O) groups is 1. The van der Waals surface area contributed by atoms with Gasteiger partial charge in [-0.2, -0.15) is 5.10 Å². The van der Waals surface area contributed by atoms with Gasteiger partial charge in [0.15, 0.2) is 9.84 Å². The number of carboxylic acid groups (broad SMARTS) is 1. The van der Waals surface area contributed by atoms with Crippen LogP contribution in [0.1, 0.15) is 10.4 Å². The van der Waals surface area contributed by atoms with Crippen LogP contribution in [0.25, 0.3) is 5.69 Å². The average molecular weight is 311 g/mol. The summed E-state index contributed by atoms with van der Waals surface area (Å²) in [6.07, 6.45) is 2.93. The molecular weight excluding hydrogens is 302 g/mol. The summed E-state index contributed by atoms with van der Waals surface area (Å²) >= 11 is 0. The summed E-state index contributed by atoms with van der Waals surface area (Å²) in [5, 5.41) is 23.7. The minimum atomic E-state index is -3.82. The second kappa shape index (κ2) is 4.98. The normalized spacial score (nSPS) is 11.3. The number of rotatable bonds is 4. The molecule has 2 aromatic rings. The van der Waals surface area contributed by atoms with Gasteiger partial charge in [-0.1, -0.05) is 6.07 Å². The standard InChI is InChI=1S/C11H9N3O6S/c1-21(19,20)9-4-2-3-8(10(9)14(17)18)13-6-7(5-12-13)11(15)16/h2-6H,1H3,(H,15,16). The molecule has 2 rings (SSSR count). The van der Waals surface area contributed by atoms with Crippen LogP contribution < -0.4 is 0 Å². The third-order valence-corrected chi connectivity index (χ3v) is 3.76. The fourth-order valence-electron chi connectivity index (χ4n) is 1.74. The Balaban J connectivity index is 2.74. The SMILES string of the molecule is CS(=O)(=O)c1cccc(-n2cc(C(=O)O)cn2)c1[N+](=O)[O-]. The van der Waals surface area contributed by atoms with Crippen LogP contribution in [-0.2, 0) is 9.84 Å². The largest absolute Gasteiger partial charge is 0.478 e. The summed E-state index contributed by atoms with van der Waals surface area (Å²) in [5.74, 6) is -1.25. The van der Waals surface area contributed by atoms with E-state index in [0.717, 1.165) is 29.4 Å². The molecule has 1 heterocycles. The van der Waals surface area contributed by atoms with Crippen LogP contribution in [0.15, 0.2) is 35.5 Å². The number of sulfone groups is 1. The van der Waals surface area contributed by atoms with E-state index >= 15 is 0 Å². The van der Waals surface area contributed by atoms with Gasteiger partial charge >= 0.3 is 11.7 Å². The Kier molecular flexibility index (Phi) is 3.47. The van der Waals surface area contributed by atoms with Crippen molar-refractivity contribution in [1.82, 2.24) is 9.78 Å². The lowest BCUT2D eigenvalue weighted by Gasteiger charge is -2.06. The van der Waals surface area contributed by atoms with E-state index in [1.165, 1.54) is 12.1 Å². The zero-order valence-corrected chi connectivity index (χ0v) is 11.4. The molecule has 0 unspecified atom stereocenters. The Morgan fingerprint density at radius 2 is 2.10 bits per heavy atom. The molecule has 0 saturated heterocycles. The number of aromatic nitrogens is 2. The number of aromatic carboxylic acids is 1. The molecule has 0 spiro atoms. The zero-order chi connectivity index (χ0) is 15.8. The van der Waals surface area contributed by atoms with E-state index < -0.39 is 31.3 Å². The Bertz CT molecular complexity index is 839. The quantitative estimate of drug-likeness (QED) is 0.654. The van der Waals surface area contributed by atoms with Gasteiger partial charge in [-0.25, -0.2) is 17.9 Å². The molecule has 10 heteroatoms. The molecule has 0 saturated carbocycles. The van der Waals surface area contributed by atoms with E-state index in [4.69, 9.17) is 5.11 Å². The number of hydrogen-bond donors (Lipinski definition) is 1. The predicted molar refractivity (Wildman–Crippen MR) is 70.3 cm³/mol. The number of nitrogens with zero attached hydrogens (tertiary/aromatic N) is 3. The average Bonchev–Trinajstić information content (AvgIpc) is 2.86. The van der Waals surface area contributed by atoms with E-state index in [2.05, 4.69) is 5.10 Å². The van der Waals surface area contributed by atoms with Crippen molar-refractivity contribution in [3.05, 3.63) is 46.3 Å². The summed E-state index contributed by atoms with van der Waals surface area (Å²) in [5.41, 5.74) is -0.954. The highest BCUT2D eigenvalue weighted by Crippen LogP contribution is 2.30. The predicted octanol–water partition coefficient (Wildman–Crippen LogP) is 0.882. The van der Waals surface area contributed by atoms with Crippen LogP contribution >= 0.6 is 0 Å². The van der Waals surface area contributed by atoms with Gasteiger partial charge in [-0.15, -0.1) is 0 Å². The van der Waals surface area contributed by atoms with Crippen LogP contribution in [0.4, 0.5) is 5.69 Å². The van der Waals surface area contributed by atoms with Gasteiger partial charge in [-0.05, 0) is 12.1 Å². The number of benzene rings is 1. The number of nitro groups is 1. The lowest BCUT2D eigenvalue weighted by molar-refractivity contribution is -0.387. The molecule has 1 aromatic carbocycles. The number of carboxylic acids is 1. The maximum atomic E-state index is 11.6. The highest BCUT2D eigenvalue weighted by Gasteiger charge is 2.27. The lowest BCUT2D eigenvalue weighted by atomic mass is 10.2. The molecule has 1 aromatic heterocycles. The minimum absolute atomic E-state index is 0.129. The summed E-state index contributed by atoms with van der Waals surface area (Å²) in [6, 6.07) is 3.71. The topological polar surface area (TPSA) is 132 Å². The van der Waals surface area contributed by atoms with Gasteiger partial charge in [0.25, 0.3) is 0 Å². The van der Waals surface area contributed by atoms with Crippen molar-refractivity contribution in [1.29, 1.82) is 0 Å². The molecule has 0 aliphatic heterocycles. The lowest BCUT2D eigenvalue weighted by Crippen LogP contribution is -2.07. The van der Waals surface area contributed by atoms with Crippen LogP contribution in [0, 0.1) is 10.1 Å². The van der Waals surface area contributed by atoms with Crippen LogP contribution in [0.3, 0.4) is 0 Å². The summed E-state index contributed by atoms with van der Waals surface area (Å²) in [6.45, 7) is 0. The molecule has 0 aliphatic carbocycles. The van der Waals surface area contributed by atoms with Crippen LogP contribution in [0.2, 0.25) is 0 Å². The third kappa shape index (κ3) is 2.74. The van der Waals surface area contributed by atoms with E-state index in [0.29, 0.717) is 0 Å². The summed E-state index contributed by atoms with van der Waals surface area (Å²) in [7, 11) is -3.82. The first-order valence-corrected chi connectivity index (χ1v) is 7.36. The van der Waals surface area contributed by atoms with Crippen LogP contribution in [-0.4, -0.2) is 40.5 Å². The molecule has 0 bridgehead atoms. The molecule has 0 radical (unpaired) electrons. The second-order valence-corrected chi connectivity index (χ2v) is 6.12. The Hall–Kier alpha value is -2.75. The van der Waals surface area contributed by atoms with Crippen molar-refractivity contribution >= 4 is 21.5 Å². The maximum absolute atomic E-state index is 11.6. The number of nitro benzene ring substituents is 1. The Morgan fingerprint density at radius 1 is 1.43 bits per heavy atom. The second-order valence-electron chi connectivity index (χ2n) is 4.13. The van der Waals surface area contributed by atoms with E-state index in [9.17, 15) is 23.3 Å². The van der Waals surface area contributed by atoms with E-state index in [-0.39, 0.29) is 11.3 Å². The van der Waals surface area contributed by atoms with Gasteiger partial charge in [0.1, 0.15) is 10.6 Å². The number of para-hydroxylation sites is 1. The van der Waals surface area contributed by atoms with E-state index in [1.807, 2.05) is 0 Å². The summed E-state index contributed by atoms with van der Waals surface area (Å²) in [4.78, 5) is 20.7. The van der Waals surface area contributed by atoms with Gasteiger partial charge in [-0.3, -0.25) is 10.1 Å². The van der Waals surface area contributed by atoms with Crippen LogP contribution in [0.5, 0.6) is 0 Å². The van der Waals surface area contributed by atoms with E-state index in [1.54, 1.807) is 0 Å².